The van der Waals surface area contributed by atoms with E-state index in [-0.39, 0.29) is 0 Å². The molecule has 0 amide bonds. The molecular weight excluding hydrogens is 282 g/mol. The Kier molecular flexibility index (Phi) is 4.96. The van der Waals surface area contributed by atoms with Crippen LogP contribution in [0.4, 0.5) is 5.82 Å². The van der Waals surface area contributed by atoms with E-state index < -0.39 is 0 Å². The lowest BCUT2D eigenvalue weighted by atomic mass is 10.2. The third-order valence-corrected chi connectivity index (χ3v) is 4.18. The van der Waals surface area contributed by atoms with Crippen LogP contribution in [0.5, 0.6) is 0 Å². The molecule has 2 heterocycles. The molecule has 4 nitrogen and oxygen atoms in total. The van der Waals surface area contributed by atoms with Crippen LogP contribution in [0.1, 0.15) is 18.7 Å². The molecule has 2 rings (SSSR count). The molecule has 19 heavy (non-hydrogen) atoms. The molecule has 0 aliphatic carbocycles. The van der Waals surface area contributed by atoms with E-state index in [4.69, 9.17) is 16.3 Å². The monoisotopic (exact) mass is 299 g/mol. The van der Waals surface area contributed by atoms with Gasteiger partial charge in [0.05, 0.1) is 12.0 Å². The number of anilines is 1. The maximum atomic E-state index is 5.97. The van der Waals surface area contributed by atoms with Gasteiger partial charge in [0.25, 0.3) is 0 Å². The predicted molar refractivity (Wildman–Crippen MR) is 81.3 cm³/mol. The molecule has 0 saturated carbocycles. The van der Waals surface area contributed by atoms with Crippen LogP contribution >= 0.6 is 22.9 Å². The van der Waals surface area contributed by atoms with Crippen molar-refractivity contribution in [2.45, 2.75) is 20.3 Å². The Balaban J connectivity index is 2.23. The fourth-order valence-electron chi connectivity index (χ4n) is 1.87. The largest absolute Gasteiger partial charge is 0.384 e. The van der Waals surface area contributed by atoms with Gasteiger partial charge in [-0.15, -0.1) is 11.3 Å². The minimum atomic E-state index is 0.291. The first kappa shape index (κ1) is 14.5. The standard InChI is InChI=1S/C13H18ClN3OS/c1-4-9-5-10-11(15-6-8(2)7-18-3)16-13(14)17-12(10)19-9/h5,8H,4,6-7H2,1-3H3,(H,15,16,17). The van der Waals surface area contributed by atoms with Gasteiger partial charge in [-0.05, 0) is 30.0 Å². The van der Waals surface area contributed by atoms with Gasteiger partial charge in [0.2, 0.25) is 5.28 Å². The second-order valence-corrected chi connectivity index (χ2v) is 6.02. The van der Waals surface area contributed by atoms with Gasteiger partial charge in [-0.2, -0.15) is 0 Å². The molecule has 0 aromatic carbocycles. The highest BCUT2D eigenvalue weighted by atomic mass is 35.5. The highest BCUT2D eigenvalue weighted by molar-refractivity contribution is 7.18. The number of aromatic nitrogens is 2. The van der Waals surface area contributed by atoms with Crippen LogP contribution < -0.4 is 5.32 Å². The molecule has 0 fully saturated rings. The first-order chi connectivity index (χ1) is 9.13. The number of fused-ring (bicyclic) bond motifs is 1. The third kappa shape index (κ3) is 3.55. The van der Waals surface area contributed by atoms with Crippen molar-refractivity contribution < 1.29 is 4.74 Å². The summed E-state index contributed by atoms with van der Waals surface area (Å²) in [5, 5.41) is 4.68. The highest BCUT2D eigenvalue weighted by Crippen LogP contribution is 2.30. The van der Waals surface area contributed by atoms with Gasteiger partial charge in [-0.3, -0.25) is 0 Å². The number of rotatable bonds is 6. The van der Waals surface area contributed by atoms with Gasteiger partial charge in [0.15, 0.2) is 0 Å². The summed E-state index contributed by atoms with van der Waals surface area (Å²) in [5.41, 5.74) is 0. The summed E-state index contributed by atoms with van der Waals surface area (Å²) in [6.45, 7) is 5.78. The van der Waals surface area contributed by atoms with E-state index in [0.717, 1.165) is 35.6 Å². The van der Waals surface area contributed by atoms with E-state index >= 15 is 0 Å². The Hall–Kier alpha value is -0.910. The summed E-state index contributed by atoms with van der Waals surface area (Å²) in [6, 6.07) is 2.14. The number of hydrogen-bond acceptors (Lipinski definition) is 5. The summed E-state index contributed by atoms with van der Waals surface area (Å²) < 4.78 is 5.13. The Morgan fingerprint density at radius 3 is 2.95 bits per heavy atom. The summed E-state index contributed by atoms with van der Waals surface area (Å²) in [4.78, 5) is 10.8. The van der Waals surface area contributed by atoms with Crippen LogP contribution in [0, 0.1) is 5.92 Å². The zero-order chi connectivity index (χ0) is 13.8. The average Bonchev–Trinajstić information content (AvgIpc) is 2.79. The molecule has 2 aromatic heterocycles. The van der Waals surface area contributed by atoms with Gasteiger partial charge in [0.1, 0.15) is 10.6 Å². The fourth-order valence-corrected chi connectivity index (χ4v) is 3.05. The second kappa shape index (κ2) is 6.50. The van der Waals surface area contributed by atoms with E-state index in [1.807, 2.05) is 0 Å². The number of hydrogen-bond donors (Lipinski definition) is 1. The van der Waals surface area contributed by atoms with Gasteiger partial charge >= 0.3 is 0 Å². The SMILES string of the molecule is CCc1cc2c(NCC(C)COC)nc(Cl)nc2s1. The number of nitrogens with one attached hydrogen (secondary N) is 1. The predicted octanol–water partition coefficient (Wildman–Crippen LogP) is 3.60. The number of ether oxygens (including phenoxy) is 1. The molecule has 104 valence electrons. The maximum absolute atomic E-state index is 5.97. The second-order valence-electron chi connectivity index (χ2n) is 4.57. The Morgan fingerprint density at radius 2 is 2.26 bits per heavy atom. The van der Waals surface area contributed by atoms with Crippen molar-refractivity contribution in [1.29, 1.82) is 0 Å². The van der Waals surface area contributed by atoms with Gasteiger partial charge in [0, 0.05) is 18.5 Å². The van der Waals surface area contributed by atoms with Crippen LogP contribution in [-0.2, 0) is 11.2 Å². The lowest BCUT2D eigenvalue weighted by Crippen LogP contribution is -2.16. The summed E-state index contributed by atoms with van der Waals surface area (Å²) in [6.07, 6.45) is 0.998. The van der Waals surface area contributed by atoms with Gasteiger partial charge in [-0.1, -0.05) is 13.8 Å². The van der Waals surface area contributed by atoms with Crippen LogP contribution in [0.15, 0.2) is 6.07 Å². The minimum Gasteiger partial charge on any atom is -0.384 e. The highest BCUT2D eigenvalue weighted by Gasteiger charge is 2.11. The van der Waals surface area contributed by atoms with Crippen molar-refractivity contribution in [3.05, 3.63) is 16.2 Å². The average molecular weight is 300 g/mol. The van der Waals surface area contributed by atoms with Crippen LogP contribution in [0.25, 0.3) is 10.2 Å². The molecule has 0 bridgehead atoms. The Labute approximate surface area is 122 Å². The van der Waals surface area contributed by atoms with E-state index in [1.165, 1.54) is 4.88 Å². The maximum Gasteiger partial charge on any atom is 0.225 e. The Morgan fingerprint density at radius 1 is 1.47 bits per heavy atom. The zero-order valence-corrected chi connectivity index (χ0v) is 12.9. The topological polar surface area (TPSA) is 47.0 Å². The number of nitrogens with zero attached hydrogens (tertiary/aromatic N) is 2. The van der Waals surface area contributed by atoms with Crippen LogP contribution in [0.2, 0.25) is 5.28 Å². The van der Waals surface area contributed by atoms with Crippen molar-refractivity contribution in [2.75, 3.05) is 25.6 Å². The molecule has 0 aliphatic rings. The van der Waals surface area contributed by atoms with E-state index in [9.17, 15) is 0 Å². The molecule has 1 N–H and O–H groups in total. The van der Waals surface area contributed by atoms with Crippen molar-refractivity contribution >= 4 is 39.0 Å². The zero-order valence-electron chi connectivity index (χ0n) is 11.4. The van der Waals surface area contributed by atoms with Crippen molar-refractivity contribution in [1.82, 2.24) is 9.97 Å². The number of thiophene rings is 1. The van der Waals surface area contributed by atoms with Crippen molar-refractivity contribution in [2.24, 2.45) is 5.92 Å². The number of halogens is 1. The van der Waals surface area contributed by atoms with Crippen molar-refractivity contribution in [3.8, 4) is 0 Å². The number of aryl methyl sites for hydroxylation is 1. The lowest BCUT2D eigenvalue weighted by Gasteiger charge is -2.12. The van der Waals surface area contributed by atoms with E-state index in [1.54, 1.807) is 18.4 Å². The molecule has 0 spiro atoms. The molecule has 0 radical (unpaired) electrons. The molecule has 1 atom stereocenters. The summed E-state index contributed by atoms with van der Waals surface area (Å²) in [5.74, 6) is 1.23. The number of methoxy groups -OCH3 is 1. The van der Waals surface area contributed by atoms with Crippen molar-refractivity contribution in [3.63, 3.8) is 0 Å². The smallest absolute Gasteiger partial charge is 0.225 e. The first-order valence-electron chi connectivity index (χ1n) is 6.32. The van der Waals surface area contributed by atoms with Crippen LogP contribution in [0.3, 0.4) is 0 Å². The lowest BCUT2D eigenvalue weighted by molar-refractivity contribution is 0.164. The minimum absolute atomic E-state index is 0.291. The molecule has 1 unspecified atom stereocenters. The molecular formula is C13H18ClN3OS. The normalized spacial score (nSPS) is 12.8. The van der Waals surface area contributed by atoms with Crippen LogP contribution in [-0.4, -0.2) is 30.2 Å². The molecule has 0 aliphatic heterocycles. The third-order valence-electron chi connectivity index (χ3n) is 2.83. The van der Waals surface area contributed by atoms with Gasteiger partial charge < -0.3 is 10.1 Å². The summed E-state index contributed by atoms with van der Waals surface area (Å²) >= 11 is 7.64. The van der Waals surface area contributed by atoms with Gasteiger partial charge in [-0.25, -0.2) is 9.97 Å². The molecule has 2 aromatic rings. The van der Waals surface area contributed by atoms with E-state index in [0.29, 0.717) is 11.2 Å². The van der Waals surface area contributed by atoms with E-state index in [2.05, 4.69) is 35.2 Å². The summed E-state index contributed by atoms with van der Waals surface area (Å²) in [7, 11) is 1.71. The molecule has 6 heteroatoms. The fraction of sp³-hybridized carbons (Fsp3) is 0.538. The first-order valence-corrected chi connectivity index (χ1v) is 7.52. The quantitative estimate of drug-likeness (QED) is 0.828. The Bertz CT molecular complexity index is 558. The molecule has 0 saturated heterocycles.